The fourth-order valence-corrected chi connectivity index (χ4v) is 1.01. The van der Waals surface area contributed by atoms with Crippen LogP contribution in [0, 0.1) is 0 Å². The Hall–Kier alpha value is -0.350. The highest BCUT2D eigenvalue weighted by atomic mass is 32.1. The lowest BCUT2D eigenvalue weighted by Gasteiger charge is -2.23. The molecular weight excluding hydrogens is 172 g/mol. The van der Waals surface area contributed by atoms with E-state index in [9.17, 15) is 0 Å². The predicted octanol–water partition coefficient (Wildman–Crippen LogP) is 0.630. The summed E-state index contributed by atoms with van der Waals surface area (Å²) in [7, 11) is 0. The molecule has 1 unspecified atom stereocenters. The van der Waals surface area contributed by atoms with E-state index < -0.39 is 0 Å². The van der Waals surface area contributed by atoms with Crippen LogP contribution >= 0.6 is 12.2 Å². The van der Waals surface area contributed by atoms with Crippen molar-refractivity contribution in [1.29, 1.82) is 0 Å². The lowest BCUT2D eigenvalue weighted by molar-refractivity contribution is 0.197. The number of rotatable bonds is 2. The van der Waals surface area contributed by atoms with E-state index in [2.05, 4.69) is 10.6 Å². The summed E-state index contributed by atoms with van der Waals surface area (Å²) in [5.41, 5.74) is -0.0250. The number of nitrogens with one attached hydrogen (secondary N) is 2. The third-order valence-corrected chi connectivity index (χ3v) is 1.29. The SMILES string of the molecule is CC(O)CNC(=S)NC(C)(C)C. The van der Waals surface area contributed by atoms with Gasteiger partial charge in [-0.1, -0.05) is 0 Å². The lowest BCUT2D eigenvalue weighted by atomic mass is 10.1. The highest BCUT2D eigenvalue weighted by Crippen LogP contribution is 1.97. The zero-order valence-electron chi connectivity index (χ0n) is 8.14. The topological polar surface area (TPSA) is 44.3 Å². The maximum Gasteiger partial charge on any atom is 0.166 e. The second-order valence-electron chi connectivity index (χ2n) is 3.93. The summed E-state index contributed by atoms with van der Waals surface area (Å²) in [6.07, 6.45) is -0.371. The van der Waals surface area contributed by atoms with E-state index in [-0.39, 0.29) is 11.6 Å². The van der Waals surface area contributed by atoms with E-state index in [4.69, 9.17) is 17.3 Å². The first-order valence-corrected chi connectivity index (χ1v) is 4.46. The van der Waals surface area contributed by atoms with Crippen LogP contribution in [0.4, 0.5) is 0 Å². The average molecular weight is 190 g/mol. The van der Waals surface area contributed by atoms with E-state index in [0.717, 1.165) is 0 Å². The fraction of sp³-hybridized carbons (Fsp3) is 0.875. The molecule has 0 bridgehead atoms. The zero-order valence-corrected chi connectivity index (χ0v) is 8.96. The Bertz CT molecular complexity index is 152. The van der Waals surface area contributed by atoms with Crippen LogP contribution in [-0.2, 0) is 0 Å². The van der Waals surface area contributed by atoms with Gasteiger partial charge in [-0.25, -0.2) is 0 Å². The van der Waals surface area contributed by atoms with Crippen molar-refractivity contribution in [2.24, 2.45) is 0 Å². The van der Waals surface area contributed by atoms with Crippen LogP contribution in [0.2, 0.25) is 0 Å². The van der Waals surface area contributed by atoms with E-state index in [1.807, 2.05) is 20.8 Å². The number of thiocarbonyl (C=S) groups is 1. The zero-order chi connectivity index (χ0) is 9.78. The normalized spacial score (nSPS) is 13.8. The van der Waals surface area contributed by atoms with Crippen molar-refractivity contribution in [3.8, 4) is 0 Å². The first kappa shape index (κ1) is 11.6. The van der Waals surface area contributed by atoms with Crippen molar-refractivity contribution in [3.05, 3.63) is 0 Å². The average Bonchev–Trinajstić information content (AvgIpc) is 1.79. The number of hydrogen-bond donors (Lipinski definition) is 3. The van der Waals surface area contributed by atoms with Gasteiger partial charge in [0, 0.05) is 12.1 Å². The van der Waals surface area contributed by atoms with E-state index in [0.29, 0.717) is 11.7 Å². The molecule has 3 N–H and O–H groups in total. The molecule has 4 heteroatoms. The molecule has 0 radical (unpaired) electrons. The third-order valence-electron chi connectivity index (χ3n) is 1.05. The quantitative estimate of drug-likeness (QED) is 0.559. The number of hydrogen-bond acceptors (Lipinski definition) is 2. The molecule has 0 aliphatic carbocycles. The van der Waals surface area contributed by atoms with Gasteiger partial charge in [-0.3, -0.25) is 0 Å². The number of aliphatic hydroxyl groups is 1. The highest BCUT2D eigenvalue weighted by Gasteiger charge is 2.10. The van der Waals surface area contributed by atoms with Gasteiger partial charge in [0.2, 0.25) is 0 Å². The Labute approximate surface area is 79.5 Å². The van der Waals surface area contributed by atoms with Gasteiger partial charge >= 0.3 is 0 Å². The van der Waals surface area contributed by atoms with E-state index in [1.165, 1.54) is 0 Å². The molecule has 0 aromatic rings. The van der Waals surface area contributed by atoms with Crippen LogP contribution in [0.1, 0.15) is 27.7 Å². The molecule has 1 atom stereocenters. The lowest BCUT2D eigenvalue weighted by Crippen LogP contribution is -2.47. The van der Waals surface area contributed by atoms with Crippen LogP contribution in [0.15, 0.2) is 0 Å². The van der Waals surface area contributed by atoms with Crippen molar-refractivity contribution in [1.82, 2.24) is 10.6 Å². The predicted molar refractivity (Wildman–Crippen MR) is 55.2 cm³/mol. The van der Waals surface area contributed by atoms with Crippen molar-refractivity contribution in [3.63, 3.8) is 0 Å². The Morgan fingerprint density at radius 3 is 2.33 bits per heavy atom. The fourth-order valence-electron chi connectivity index (χ4n) is 0.625. The first-order chi connectivity index (χ1) is 5.31. The number of aliphatic hydroxyl groups excluding tert-OH is 1. The first-order valence-electron chi connectivity index (χ1n) is 4.05. The molecule has 0 rings (SSSR count). The van der Waals surface area contributed by atoms with Crippen LogP contribution in [0.3, 0.4) is 0 Å². The van der Waals surface area contributed by atoms with Crippen molar-refractivity contribution < 1.29 is 5.11 Å². The monoisotopic (exact) mass is 190 g/mol. The molecule has 0 spiro atoms. The molecule has 0 aliphatic rings. The Balaban J connectivity index is 3.61. The molecule has 0 aromatic carbocycles. The molecule has 0 amide bonds. The maximum atomic E-state index is 8.95. The van der Waals surface area contributed by atoms with Gasteiger partial charge in [-0.15, -0.1) is 0 Å². The summed E-state index contributed by atoms with van der Waals surface area (Å²) in [5, 5.41) is 15.5. The summed E-state index contributed by atoms with van der Waals surface area (Å²) < 4.78 is 0. The minimum absolute atomic E-state index is 0.0250. The molecule has 0 saturated carbocycles. The van der Waals surface area contributed by atoms with Crippen LogP contribution < -0.4 is 10.6 Å². The van der Waals surface area contributed by atoms with E-state index >= 15 is 0 Å². The molecule has 3 nitrogen and oxygen atoms in total. The van der Waals surface area contributed by atoms with Crippen LogP contribution in [0.5, 0.6) is 0 Å². The minimum Gasteiger partial charge on any atom is -0.392 e. The summed E-state index contributed by atoms with van der Waals surface area (Å²) in [4.78, 5) is 0. The maximum absolute atomic E-state index is 8.95. The summed E-state index contributed by atoms with van der Waals surface area (Å²) in [6, 6.07) is 0. The van der Waals surface area contributed by atoms with Gasteiger partial charge in [-0.05, 0) is 39.9 Å². The van der Waals surface area contributed by atoms with Crippen LogP contribution in [-0.4, -0.2) is 28.4 Å². The van der Waals surface area contributed by atoms with Gasteiger partial charge in [0.15, 0.2) is 5.11 Å². The summed E-state index contributed by atoms with van der Waals surface area (Å²) >= 11 is 4.99. The molecule has 0 heterocycles. The summed E-state index contributed by atoms with van der Waals surface area (Å²) in [5.74, 6) is 0. The standard InChI is InChI=1S/C8H18N2OS/c1-6(11)5-9-7(12)10-8(2,3)4/h6,11H,5H2,1-4H3,(H2,9,10,12). The molecule has 0 aliphatic heterocycles. The molecule has 0 aromatic heterocycles. The minimum atomic E-state index is -0.371. The highest BCUT2D eigenvalue weighted by molar-refractivity contribution is 7.80. The largest absolute Gasteiger partial charge is 0.392 e. The Kier molecular flexibility index (Phi) is 4.49. The van der Waals surface area contributed by atoms with Crippen LogP contribution in [0.25, 0.3) is 0 Å². The molecule has 72 valence electrons. The Morgan fingerprint density at radius 2 is 2.00 bits per heavy atom. The molecule has 0 saturated heterocycles. The second-order valence-corrected chi connectivity index (χ2v) is 4.34. The van der Waals surface area contributed by atoms with Gasteiger partial charge < -0.3 is 15.7 Å². The molecule has 12 heavy (non-hydrogen) atoms. The third kappa shape index (κ3) is 7.75. The van der Waals surface area contributed by atoms with Gasteiger partial charge in [0.1, 0.15) is 0 Å². The molecule has 0 fully saturated rings. The van der Waals surface area contributed by atoms with Gasteiger partial charge in [0.25, 0.3) is 0 Å². The van der Waals surface area contributed by atoms with Gasteiger partial charge in [0.05, 0.1) is 6.10 Å². The van der Waals surface area contributed by atoms with Crippen molar-refractivity contribution >= 4 is 17.3 Å². The van der Waals surface area contributed by atoms with Gasteiger partial charge in [-0.2, -0.15) is 0 Å². The van der Waals surface area contributed by atoms with Crippen molar-refractivity contribution in [2.45, 2.75) is 39.3 Å². The summed E-state index contributed by atoms with van der Waals surface area (Å²) in [6.45, 7) is 8.30. The molecular formula is C8H18N2OS. The smallest absolute Gasteiger partial charge is 0.166 e. The second kappa shape index (κ2) is 4.62. The Morgan fingerprint density at radius 1 is 1.50 bits per heavy atom. The van der Waals surface area contributed by atoms with E-state index in [1.54, 1.807) is 6.92 Å². The van der Waals surface area contributed by atoms with Crippen molar-refractivity contribution in [2.75, 3.05) is 6.54 Å².